The smallest absolute Gasteiger partial charge is 0.195 e. The Morgan fingerprint density at radius 1 is 1.15 bits per heavy atom. The number of carbonyl (C=O) groups excluding carboxylic acids is 1. The summed E-state index contributed by atoms with van der Waals surface area (Å²) in [5.74, 6) is 1.54. The number of ether oxygens (including phenoxy) is 1. The van der Waals surface area contributed by atoms with Crippen LogP contribution < -0.4 is 4.74 Å². The highest BCUT2D eigenvalue weighted by Gasteiger charge is 2.42. The van der Waals surface area contributed by atoms with Gasteiger partial charge in [0.25, 0.3) is 0 Å². The van der Waals surface area contributed by atoms with Crippen LogP contribution in [0, 0.1) is 17.7 Å². The van der Waals surface area contributed by atoms with Crippen LogP contribution in [0.15, 0.2) is 42.6 Å². The van der Waals surface area contributed by atoms with Crippen LogP contribution >= 0.6 is 0 Å². The number of aromatic hydroxyl groups is 1. The third-order valence-corrected chi connectivity index (χ3v) is 5.30. The minimum atomic E-state index is -0.260. The first kappa shape index (κ1) is 17.0. The Morgan fingerprint density at radius 3 is 2.46 bits per heavy atom. The summed E-state index contributed by atoms with van der Waals surface area (Å²) in [6.45, 7) is 2.13. The molecule has 6 heteroatoms. The van der Waals surface area contributed by atoms with E-state index in [9.17, 15) is 14.3 Å². The van der Waals surface area contributed by atoms with Crippen LogP contribution in [0.2, 0.25) is 0 Å². The molecule has 0 bridgehead atoms. The van der Waals surface area contributed by atoms with Crippen LogP contribution in [-0.4, -0.2) is 46.5 Å². The van der Waals surface area contributed by atoms with E-state index in [4.69, 9.17) is 4.74 Å². The predicted molar refractivity (Wildman–Crippen MR) is 93.7 cm³/mol. The minimum absolute atomic E-state index is 0.0240. The number of ketones is 1. The van der Waals surface area contributed by atoms with E-state index in [2.05, 4.69) is 9.88 Å². The lowest BCUT2D eigenvalue weighted by Crippen LogP contribution is -2.30. The Labute approximate surface area is 151 Å². The van der Waals surface area contributed by atoms with E-state index in [1.165, 1.54) is 24.4 Å². The van der Waals surface area contributed by atoms with E-state index in [-0.39, 0.29) is 23.5 Å². The van der Waals surface area contributed by atoms with Crippen LogP contribution in [0.4, 0.5) is 4.39 Å². The van der Waals surface area contributed by atoms with Crippen molar-refractivity contribution in [1.82, 2.24) is 9.88 Å². The maximum absolute atomic E-state index is 13.0. The van der Waals surface area contributed by atoms with E-state index in [1.54, 1.807) is 18.2 Å². The molecular weight excluding hydrogens is 335 g/mol. The van der Waals surface area contributed by atoms with E-state index in [0.717, 1.165) is 25.9 Å². The standard InChI is InChI=1S/C20H21FN2O3/c21-15-1-4-17(5-2-15)26-18-7-13-10-23(11-14(13)8-18)12-20(25)19-6-3-16(24)9-22-19/h1-6,9,13-14,18,24H,7-8,10-12H2/t13-,14+,18?. The van der Waals surface area contributed by atoms with Gasteiger partial charge in [-0.05, 0) is 61.1 Å². The van der Waals surface area contributed by atoms with E-state index in [0.29, 0.717) is 29.8 Å². The molecule has 4 rings (SSSR count). The average Bonchev–Trinajstić information content (AvgIpc) is 3.15. The van der Waals surface area contributed by atoms with Crippen LogP contribution in [0.3, 0.4) is 0 Å². The Kier molecular flexibility index (Phi) is 4.59. The van der Waals surface area contributed by atoms with Gasteiger partial charge >= 0.3 is 0 Å². The first-order valence-electron chi connectivity index (χ1n) is 8.89. The van der Waals surface area contributed by atoms with Gasteiger partial charge in [0.2, 0.25) is 0 Å². The molecule has 1 aliphatic carbocycles. The summed E-state index contributed by atoms with van der Waals surface area (Å²) in [4.78, 5) is 18.5. The number of pyridine rings is 1. The molecular formula is C20H21FN2O3. The zero-order valence-corrected chi connectivity index (χ0v) is 14.3. The van der Waals surface area contributed by atoms with Crippen molar-refractivity contribution < 1.29 is 19.0 Å². The van der Waals surface area contributed by atoms with Crippen molar-refractivity contribution in [2.24, 2.45) is 11.8 Å². The first-order chi connectivity index (χ1) is 12.6. The van der Waals surface area contributed by atoms with Crippen LogP contribution in [0.25, 0.3) is 0 Å². The Balaban J connectivity index is 1.28. The maximum atomic E-state index is 13.0. The molecule has 0 radical (unpaired) electrons. The highest BCUT2D eigenvalue weighted by Crippen LogP contribution is 2.39. The lowest BCUT2D eigenvalue weighted by Gasteiger charge is -2.19. The summed E-state index contributed by atoms with van der Waals surface area (Å²) < 4.78 is 18.9. The van der Waals surface area contributed by atoms with Crippen molar-refractivity contribution in [3.63, 3.8) is 0 Å². The summed E-state index contributed by atoms with van der Waals surface area (Å²) in [5, 5.41) is 9.26. The van der Waals surface area contributed by atoms with Crippen LogP contribution in [-0.2, 0) is 0 Å². The van der Waals surface area contributed by atoms with Crippen molar-refractivity contribution in [3.05, 3.63) is 54.1 Å². The van der Waals surface area contributed by atoms with E-state index in [1.807, 2.05) is 0 Å². The van der Waals surface area contributed by atoms with Crippen molar-refractivity contribution in [2.45, 2.75) is 18.9 Å². The van der Waals surface area contributed by atoms with E-state index < -0.39 is 0 Å². The number of hydrogen-bond donors (Lipinski definition) is 1. The maximum Gasteiger partial charge on any atom is 0.195 e. The molecule has 1 saturated carbocycles. The van der Waals surface area contributed by atoms with Gasteiger partial charge in [0.1, 0.15) is 23.0 Å². The van der Waals surface area contributed by atoms with Gasteiger partial charge in [-0.25, -0.2) is 9.37 Å². The van der Waals surface area contributed by atoms with Gasteiger partial charge in [0, 0.05) is 13.1 Å². The normalized spacial score (nSPS) is 25.2. The van der Waals surface area contributed by atoms with Crippen molar-refractivity contribution in [2.75, 3.05) is 19.6 Å². The molecule has 2 heterocycles. The highest BCUT2D eigenvalue weighted by molar-refractivity contribution is 5.95. The lowest BCUT2D eigenvalue weighted by atomic mass is 10.0. The van der Waals surface area contributed by atoms with Gasteiger partial charge in [-0.2, -0.15) is 0 Å². The number of hydrogen-bond acceptors (Lipinski definition) is 5. The Morgan fingerprint density at radius 2 is 1.85 bits per heavy atom. The molecule has 0 spiro atoms. The molecule has 136 valence electrons. The third kappa shape index (κ3) is 3.70. The fourth-order valence-electron chi connectivity index (χ4n) is 4.11. The number of aromatic nitrogens is 1. The number of likely N-dealkylation sites (tertiary alicyclic amines) is 1. The number of fused-ring (bicyclic) bond motifs is 1. The van der Waals surface area contributed by atoms with Gasteiger partial charge in [0.05, 0.1) is 18.8 Å². The topological polar surface area (TPSA) is 62.7 Å². The largest absolute Gasteiger partial charge is 0.506 e. The molecule has 0 amide bonds. The Bertz CT molecular complexity index is 765. The summed E-state index contributed by atoms with van der Waals surface area (Å²) in [6.07, 6.45) is 3.38. The molecule has 3 atom stereocenters. The molecule has 5 nitrogen and oxygen atoms in total. The summed E-state index contributed by atoms with van der Waals surface area (Å²) in [5.41, 5.74) is 0.386. The minimum Gasteiger partial charge on any atom is -0.506 e. The second-order valence-electron chi connectivity index (χ2n) is 7.20. The van der Waals surface area contributed by atoms with Gasteiger partial charge in [-0.3, -0.25) is 9.69 Å². The molecule has 1 aliphatic heterocycles. The fourth-order valence-corrected chi connectivity index (χ4v) is 4.11. The Hall–Kier alpha value is -2.47. The van der Waals surface area contributed by atoms with Gasteiger partial charge in [-0.1, -0.05) is 0 Å². The van der Waals surface area contributed by atoms with Crippen molar-refractivity contribution in [3.8, 4) is 11.5 Å². The van der Waals surface area contributed by atoms with Gasteiger partial charge in [-0.15, -0.1) is 0 Å². The van der Waals surface area contributed by atoms with Crippen LogP contribution in [0.5, 0.6) is 11.5 Å². The number of nitrogens with zero attached hydrogens (tertiary/aromatic N) is 2. The zero-order chi connectivity index (χ0) is 18.1. The summed E-state index contributed by atoms with van der Waals surface area (Å²) in [6, 6.07) is 9.20. The summed E-state index contributed by atoms with van der Waals surface area (Å²) in [7, 11) is 0. The number of benzene rings is 1. The average molecular weight is 356 g/mol. The van der Waals surface area contributed by atoms with Gasteiger partial charge < -0.3 is 9.84 Å². The molecule has 1 saturated heterocycles. The molecule has 1 unspecified atom stereocenters. The molecule has 2 aromatic rings. The molecule has 1 aromatic heterocycles. The molecule has 2 fully saturated rings. The number of Topliss-reactive ketones (excluding diaryl/α,β-unsaturated/α-hetero) is 1. The lowest BCUT2D eigenvalue weighted by molar-refractivity contribution is 0.0931. The molecule has 26 heavy (non-hydrogen) atoms. The highest BCUT2D eigenvalue weighted by atomic mass is 19.1. The van der Waals surface area contributed by atoms with Crippen LogP contribution in [0.1, 0.15) is 23.3 Å². The van der Waals surface area contributed by atoms with Gasteiger partial charge in [0.15, 0.2) is 5.78 Å². The second-order valence-corrected chi connectivity index (χ2v) is 7.20. The monoisotopic (exact) mass is 356 g/mol. The van der Waals surface area contributed by atoms with E-state index >= 15 is 0 Å². The second kappa shape index (κ2) is 7.03. The summed E-state index contributed by atoms with van der Waals surface area (Å²) >= 11 is 0. The quantitative estimate of drug-likeness (QED) is 0.835. The molecule has 1 aromatic carbocycles. The molecule has 2 aliphatic rings. The third-order valence-electron chi connectivity index (χ3n) is 5.30. The fraction of sp³-hybridized carbons (Fsp3) is 0.400. The van der Waals surface area contributed by atoms with Crippen molar-refractivity contribution >= 4 is 5.78 Å². The molecule has 1 N–H and O–H groups in total. The number of carbonyl (C=O) groups is 1. The van der Waals surface area contributed by atoms with Crippen molar-refractivity contribution in [1.29, 1.82) is 0 Å². The predicted octanol–water partition coefficient (Wildman–Crippen LogP) is 2.90. The zero-order valence-electron chi connectivity index (χ0n) is 14.3. The number of rotatable bonds is 5. The SMILES string of the molecule is O=C(CN1C[C@H]2CC(Oc3ccc(F)cc3)C[C@H]2C1)c1ccc(O)cn1. The number of halogens is 1. The first-order valence-corrected chi connectivity index (χ1v) is 8.89.